The molecule has 0 radical (unpaired) electrons. The van der Waals surface area contributed by atoms with Gasteiger partial charge in [0.05, 0.1) is 11.3 Å². The highest BCUT2D eigenvalue weighted by molar-refractivity contribution is 8.00. The fourth-order valence-electron chi connectivity index (χ4n) is 3.27. The van der Waals surface area contributed by atoms with E-state index in [0.717, 1.165) is 22.0 Å². The van der Waals surface area contributed by atoms with Crippen molar-refractivity contribution in [3.05, 3.63) is 102 Å². The van der Waals surface area contributed by atoms with Crippen molar-refractivity contribution in [3.8, 4) is 5.75 Å². The molecule has 178 valence electrons. The van der Waals surface area contributed by atoms with Crippen molar-refractivity contribution in [2.24, 2.45) is 7.05 Å². The number of nitrogens with one attached hydrogen (secondary N) is 2. The van der Waals surface area contributed by atoms with Crippen molar-refractivity contribution in [1.82, 2.24) is 9.55 Å². The van der Waals surface area contributed by atoms with E-state index in [1.807, 2.05) is 61.1 Å². The number of imidazole rings is 1. The summed E-state index contributed by atoms with van der Waals surface area (Å²) in [6, 6.07) is 22.1. The van der Waals surface area contributed by atoms with Crippen molar-refractivity contribution in [2.45, 2.75) is 18.4 Å². The number of thioether (sulfide) groups is 1. The molecule has 2 amide bonds. The van der Waals surface area contributed by atoms with Crippen LogP contribution in [-0.2, 0) is 18.4 Å². The quantitative estimate of drug-likeness (QED) is 0.314. The minimum absolute atomic E-state index is 0.129. The van der Waals surface area contributed by atoms with Gasteiger partial charge in [-0.05, 0) is 55.5 Å². The first-order valence-electron chi connectivity index (χ1n) is 11.1. The summed E-state index contributed by atoms with van der Waals surface area (Å²) in [5, 5.41) is 5.79. The summed E-state index contributed by atoms with van der Waals surface area (Å²) >= 11 is 1.32. The fraction of sp³-hybridized carbons (Fsp3) is 0.148. The lowest BCUT2D eigenvalue weighted by atomic mass is 10.2. The molecule has 0 aliphatic heterocycles. The van der Waals surface area contributed by atoms with Crippen molar-refractivity contribution in [3.63, 3.8) is 0 Å². The van der Waals surface area contributed by atoms with E-state index in [-0.39, 0.29) is 17.6 Å². The van der Waals surface area contributed by atoms with Gasteiger partial charge in [0.1, 0.15) is 18.2 Å². The Morgan fingerprint density at radius 2 is 1.63 bits per heavy atom. The lowest BCUT2D eigenvalue weighted by Crippen LogP contribution is -2.16. The third-order valence-electron chi connectivity index (χ3n) is 5.23. The van der Waals surface area contributed by atoms with E-state index in [2.05, 4.69) is 15.6 Å². The first-order valence-corrected chi connectivity index (χ1v) is 12.1. The molecule has 4 rings (SSSR count). The van der Waals surface area contributed by atoms with E-state index in [1.165, 1.54) is 11.8 Å². The predicted molar refractivity (Wildman–Crippen MR) is 139 cm³/mol. The van der Waals surface area contributed by atoms with Gasteiger partial charge in [-0.1, -0.05) is 29.8 Å². The maximum absolute atomic E-state index is 12.9. The van der Waals surface area contributed by atoms with E-state index in [4.69, 9.17) is 4.74 Å². The number of nitrogens with zero attached hydrogens (tertiary/aromatic N) is 2. The van der Waals surface area contributed by atoms with Gasteiger partial charge in [-0.15, -0.1) is 11.8 Å². The molecule has 0 fully saturated rings. The maximum Gasteiger partial charge on any atom is 0.256 e. The van der Waals surface area contributed by atoms with Crippen LogP contribution in [0.4, 0.5) is 11.4 Å². The van der Waals surface area contributed by atoms with Crippen LogP contribution in [0.25, 0.3) is 0 Å². The van der Waals surface area contributed by atoms with Gasteiger partial charge < -0.3 is 19.9 Å². The van der Waals surface area contributed by atoms with Crippen LogP contribution in [0.15, 0.2) is 90.1 Å². The predicted octanol–water partition coefficient (Wildman–Crippen LogP) is 5.29. The lowest BCUT2D eigenvalue weighted by Gasteiger charge is -2.11. The molecule has 8 heteroatoms. The number of aromatic nitrogens is 2. The molecule has 0 atom stereocenters. The van der Waals surface area contributed by atoms with Gasteiger partial charge in [-0.2, -0.15) is 0 Å². The number of benzene rings is 3. The van der Waals surface area contributed by atoms with Gasteiger partial charge in [0.25, 0.3) is 5.91 Å². The van der Waals surface area contributed by atoms with Crippen LogP contribution in [-0.4, -0.2) is 27.1 Å². The molecule has 0 bridgehead atoms. The number of hydrogen-bond donors (Lipinski definition) is 2. The van der Waals surface area contributed by atoms with E-state index in [0.29, 0.717) is 23.6 Å². The number of aryl methyl sites for hydroxylation is 2. The van der Waals surface area contributed by atoms with Gasteiger partial charge in [-0.3, -0.25) is 9.59 Å². The number of ether oxygens (including phenoxy) is 1. The summed E-state index contributed by atoms with van der Waals surface area (Å²) in [5.41, 5.74) is 3.04. The summed E-state index contributed by atoms with van der Waals surface area (Å²) in [4.78, 5) is 30.3. The molecule has 0 saturated heterocycles. The molecular formula is C27H26N4O3S. The van der Waals surface area contributed by atoms with Crippen LogP contribution >= 0.6 is 11.8 Å². The third-order valence-corrected chi connectivity index (χ3v) is 6.30. The molecule has 4 aromatic rings. The smallest absolute Gasteiger partial charge is 0.256 e. The number of rotatable bonds is 9. The van der Waals surface area contributed by atoms with Crippen molar-refractivity contribution >= 4 is 35.0 Å². The van der Waals surface area contributed by atoms with Crippen LogP contribution in [0, 0.1) is 6.92 Å². The number of hydrogen-bond acceptors (Lipinski definition) is 5. The summed E-state index contributed by atoms with van der Waals surface area (Å²) in [5.74, 6) is 1.33. The van der Waals surface area contributed by atoms with Crippen LogP contribution in [0.5, 0.6) is 5.75 Å². The molecule has 35 heavy (non-hydrogen) atoms. The van der Waals surface area contributed by atoms with Gasteiger partial charge in [-0.25, -0.2) is 4.98 Å². The molecule has 0 spiro atoms. The minimum atomic E-state index is -0.242. The SMILES string of the molecule is Cc1ccc(NC(=O)CSc2ccccc2C(=O)Nc2ccc(OCc3nccn3C)cc2)cc1. The summed E-state index contributed by atoms with van der Waals surface area (Å²) in [7, 11) is 1.91. The third kappa shape index (κ3) is 6.74. The van der Waals surface area contributed by atoms with Crippen LogP contribution in [0.2, 0.25) is 0 Å². The Kier molecular flexibility index (Phi) is 7.84. The highest BCUT2D eigenvalue weighted by atomic mass is 32.2. The van der Waals surface area contributed by atoms with Crippen LogP contribution in [0.3, 0.4) is 0 Å². The molecule has 2 N–H and O–H groups in total. The van der Waals surface area contributed by atoms with Gasteiger partial charge >= 0.3 is 0 Å². The molecule has 0 aliphatic carbocycles. The maximum atomic E-state index is 12.9. The van der Waals surface area contributed by atoms with Gasteiger partial charge in [0.15, 0.2) is 0 Å². The second kappa shape index (κ2) is 11.4. The lowest BCUT2D eigenvalue weighted by molar-refractivity contribution is -0.113. The molecule has 3 aromatic carbocycles. The van der Waals surface area contributed by atoms with Crippen LogP contribution in [0.1, 0.15) is 21.7 Å². The van der Waals surface area contributed by atoms with Crippen molar-refractivity contribution < 1.29 is 14.3 Å². The van der Waals surface area contributed by atoms with Gasteiger partial charge in [0.2, 0.25) is 5.91 Å². The number of carbonyl (C=O) groups is 2. The highest BCUT2D eigenvalue weighted by Gasteiger charge is 2.13. The number of anilines is 2. The topological polar surface area (TPSA) is 85.2 Å². The van der Waals surface area contributed by atoms with Crippen molar-refractivity contribution in [1.29, 1.82) is 0 Å². The minimum Gasteiger partial charge on any atom is -0.486 e. The largest absolute Gasteiger partial charge is 0.486 e. The summed E-state index contributed by atoms with van der Waals surface area (Å²) in [6.45, 7) is 2.35. The molecule has 0 aliphatic rings. The first-order chi connectivity index (χ1) is 17.0. The monoisotopic (exact) mass is 486 g/mol. The molecule has 0 saturated carbocycles. The Bertz CT molecular complexity index is 1300. The Morgan fingerprint density at radius 1 is 0.943 bits per heavy atom. The Hall–Kier alpha value is -4.04. The fourth-order valence-corrected chi connectivity index (χ4v) is 4.12. The zero-order chi connectivity index (χ0) is 24.6. The Balaban J connectivity index is 1.32. The molecular weight excluding hydrogens is 460 g/mol. The second-order valence-corrected chi connectivity index (χ2v) is 8.94. The van der Waals surface area contributed by atoms with E-state index < -0.39 is 0 Å². The normalized spacial score (nSPS) is 10.6. The number of amides is 2. The average molecular weight is 487 g/mol. The molecule has 1 aromatic heterocycles. The van der Waals surface area contributed by atoms with Crippen molar-refractivity contribution in [2.75, 3.05) is 16.4 Å². The Morgan fingerprint density at radius 3 is 2.34 bits per heavy atom. The van der Waals surface area contributed by atoms with E-state index in [1.54, 1.807) is 42.6 Å². The van der Waals surface area contributed by atoms with E-state index >= 15 is 0 Å². The molecule has 1 heterocycles. The van der Waals surface area contributed by atoms with Crippen LogP contribution < -0.4 is 15.4 Å². The first kappa shape index (κ1) is 24.1. The Labute approximate surface area is 208 Å². The highest BCUT2D eigenvalue weighted by Crippen LogP contribution is 2.25. The summed E-state index contributed by atoms with van der Waals surface area (Å²) in [6.07, 6.45) is 3.59. The van der Waals surface area contributed by atoms with E-state index in [9.17, 15) is 9.59 Å². The molecule has 7 nitrogen and oxygen atoms in total. The number of carbonyl (C=O) groups excluding carboxylic acids is 2. The summed E-state index contributed by atoms with van der Waals surface area (Å²) < 4.78 is 7.66. The second-order valence-electron chi connectivity index (χ2n) is 7.92. The van der Waals surface area contributed by atoms with Gasteiger partial charge in [0, 0.05) is 35.7 Å². The zero-order valence-corrected chi connectivity index (χ0v) is 20.3. The molecule has 0 unspecified atom stereocenters. The average Bonchev–Trinajstić information content (AvgIpc) is 3.28. The standard InChI is InChI=1S/C27H26N4O3S/c1-19-7-9-20(10-8-19)29-26(32)18-35-24-6-4-3-5-23(24)27(33)30-21-11-13-22(14-12-21)34-17-25-28-15-16-31(25)2/h3-16H,17-18H2,1-2H3,(H,29,32)(H,30,33). The zero-order valence-electron chi connectivity index (χ0n) is 19.5.